The Kier molecular flexibility index (Phi) is 4.37. The van der Waals surface area contributed by atoms with Gasteiger partial charge in [-0.25, -0.2) is 0 Å². The minimum Gasteiger partial charge on any atom is -0.384 e. The Morgan fingerprint density at radius 3 is 3.06 bits per heavy atom. The van der Waals surface area contributed by atoms with Gasteiger partial charge in [0.15, 0.2) is 0 Å². The Balaban J connectivity index is 2.00. The van der Waals surface area contributed by atoms with Gasteiger partial charge in [0.2, 0.25) is 0 Å². The molecule has 1 aliphatic heterocycles. The molecule has 1 saturated heterocycles. The number of piperidine rings is 1. The lowest BCUT2D eigenvalue weighted by molar-refractivity contribution is 0.165. The second-order valence-electron chi connectivity index (χ2n) is 5.27. The number of nitrogens with one attached hydrogen (secondary N) is 1. The van der Waals surface area contributed by atoms with Gasteiger partial charge in [-0.3, -0.25) is 10.3 Å². The van der Waals surface area contributed by atoms with E-state index < -0.39 is 0 Å². The molecule has 2 rings (SSSR count). The Labute approximate surface area is 109 Å². The zero-order valence-corrected chi connectivity index (χ0v) is 11.2. The van der Waals surface area contributed by atoms with E-state index in [0.717, 1.165) is 18.0 Å². The Morgan fingerprint density at radius 1 is 1.50 bits per heavy atom. The van der Waals surface area contributed by atoms with Crippen molar-refractivity contribution in [2.75, 3.05) is 13.1 Å². The maximum Gasteiger partial charge on any atom is 0.122 e. The third kappa shape index (κ3) is 3.33. The SMILES string of the molecule is CCC1CCCN(Cc2cccc(C(=N)N)c2)C1. The maximum absolute atomic E-state index is 7.48. The highest BCUT2D eigenvalue weighted by atomic mass is 15.1. The van der Waals surface area contributed by atoms with Crippen molar-refractivity contribution in [3.63, 3.8) is 0 Å². The second-order valence-corrected chi connectivity index (χ2v) is 5.27. The predicted molar refractivity (Wildman–Crippen MR) is 75.8 cm³/mol. The Hall–Kier alpha value is -1.35. The van der Waals surface area contributed by atoms with Gasteiger partial charge in [-0.1, -0.05) is 31.5 Å². The average molecular weight is 245 g/mol. The Bertz CT molecular complexity index is 414. The summed E-state index contributed by atoms with van der Waals surface area (Å²) in [5.74, 6) is 1.01. The normalized spacial score (nSPS) is 20.8. The molecule has 0 bridgehead atoms. The lowest BCUT2D eigenvalue weighted by Gasteiger charge is -2.32. The van der Waals surface area contributed by atoms with Gasteiger partial charge in [0, 0.05) is 18.7 Å². The minimum atomic E-state index is 0.155. The largest absolute Gasteiger partial charge is 0.384 e. The van der Waals surface area contributed by atoms with Gasteiger partial charge in [-0.2, -0.15) is 0 Å². The van der Waals surface area contributed by atoms with Crippen LogP contribution in [0.25, 0.3) is 0 Å². The molecule has 0 radical (unpaired) electrons. The van der Waals surface area contributed by atoms with Crippen LogP contribution in [0.3, 0.4) is 0 Å². The number of hydrogen-bond donors (Lipinski definition) is 2. The molecule has 0 aromatic heterocycles. The Morgan fingerprint density at radius 2 is 2.33 bits per heavy atom. The molecule has 0 saturated carbocycles. The standard InChI is InChI=1S/C15H23N3/c1-2-12-6-4-8-18(10-12)11-13-5-3-7-14(9-13)15(16)17/h3,5,7,9,12H,2,4,6,8,10-11H2,1H3,(H3,16,17). The molecule has 1 fully saturated rings. The van der Waals surface area contributed by atoms with Crippen LogP contribution in [0.5, 0.6) is 0 Å². The third-order valence-corrected chi connectivity index (χ3v) is 3.82. The van der Waals surface area contributed by atoms with Crippen LogP contribution in [0.1, 0.15) is 37.3 Å². The summed E-state index contributed by atoms with van der Waals surface area (Å²) in [5.41, 5.74) is 7.62. The lowest BCUT2D eigenvalue weighted by Crippen LogP contribution is -2.34. The maximum atomic E-state index is 7.48. The van der Waals surface area contributed by atoms with E-state index in [1.54, 1.807) is 0 Å². The van der Waals surface area contributed by atoms with Crippen molar-refractivity contribution in [1.29, 1.82) is 5.41 Å². The highest BCUT2D eigenvalue weighted by Crippen LogP contribution is 2.21. The zero-order valence-electron chi connectivity index (χ0n) is 11.2. The first-order valence-corrected chi connectivity index (χ1v) is 6.84. The van der Waals surface area contributed by atoms with Gasteiger partial charge >= 0.3 is 0 Å². The number of nitrogens with zero attached hydrogens (tertiary/aromatic N) is 1. The first-order valence-electron chi connectivity index (χ1n) is 6.84. The van der Waals surface area contributed by atoms with Crippen LogP contribution < -0.4 is 5.73 Å². The first-order chi connectivity index (χ1) is 8.69. The molecular formula is C15H23N3. The second kappa shape index (κ2) is 6.01. The molecule has 18 heavy (non-hydrogen) atoms. The molecular weight excluding hydrogens is 222 g/mol. The van der Waals surface area contributed by atoms with Crippen LogP contribution in [-0.2, 0) is 6.54 Å². The van der Waals surface area contributed by atoms with E-state index in [2.05, 4.69) is 17.9 Å². The molecule has 98 valence electrons. The molecule has 1 unspecified atom stereocenters. The molecule has 0 spiro atoms. The molecule has 0 amide bonds. The van der Waals surface area contributed by atoms with E-state index in [1.165, 1.54) is 37.9 Å². The van der Waals surface area contributed by atoms with Gasteiger partial charge in [-0.05, 0) is 36.9 Å². The van der Waals surface area contributed by atoms with E-state index in [1.807, 2.05) is 18.2 Å². The van der Waals surface area contributed by atoms with Gasteiger partial charge in [0.1, 0.15) is 5.84 Å². The van der Waals surface area contributed by atoms with Crippen molar-refractivity contribution in [3.05, 3.63) is 35.4 Å². The summed E-state index contributed by atoms with van der Waals surface area (Å²) in [6.45, 7) is 5.67. The van der Waals surface area contributed by atoms with E-state index in [9.17, 15) is 0 Å². The summed E-state index contributed by atoms with van der Waals surface area (Å²) in [7, 11) is 0. The van der Waals surface area contributed by atoms with Crippen LogP contribution >= 0.6 is 0 Å². The zero-order chi connectivity index (χ0) is 13.0. The summed E-state index contributed by atoms with van der Waals surface area (Å²) >= 11 is 0. The smallest absolute Gasteiger partial charge is 0.122 e. The number of rotatable bonds is 4. The average Bonchev–Trinajstić information content (AvgIpc) is 2.39. The molecule has 1 atom stereocenters. The summed E-state index contributed by atoms with van der Waals surface area (Å²) in [4.78, 5) is 2.52. The molecule has 1 aromatic carbocycles. The monoisotopic (exact) mass is 245 g/mol. The van der Waals surface area contributed by atoms with Crippen LogP contribution in [0.15, 0.2) is 24.3 Å². The molecule has 0 aliphatic carbocycles. The van der Waals surface area contributed by atoms with Gasteiger partial charge in [-0.15, -0.1) is 0 Å². The van der Waals surface area contributed by atoms with Crippen LogP contribution in [0.2, 0.25) is 0 Å². The quantitative estimate of drug-likeness (QED) is 0.633. The van der Waals surface area contributed by atoms with Crippen molar-refractivity contribution in [3.8, 4) is 0 Å². The van der Waals surface area contributed by atoms with E-state index >= 15 is 0 Å². The molecule has 1 heterocycles. The summed E-state index contributed by atoms with van der Waals surface area (Å²) < 4.78 is 0. The molecule has 1 aromatic rings. The van der Waals surface area contributed by atoms with Gasteiger partial charge < -0.3 is 5.73 Å². The number of amidine groups is 1. The summed E-state index contributed by atoms with van der Waals surface area (Å²) in [6, 6.07) is 8.06. The summed E-state index contributed by atoms with van der Waals surface area (Å²) in [5, 5.41) is 7.48. The predicted octanol–water partition coefficient (Wildman–Crippen LogP) is 2.59. The molecule has 3 N–H and O–H groups in total. The van der Waals surface area contributed by atoms with E-state index in [-0.39, 0.29) is 5.84 Å². The van der Waals surface area contributed by atoms with Crippen molar-refractivity contribution in [2.24, 2.45) is 11.7 Å². The van der Waals surface area contributed by atoms with E-state index in [0.29, 0.717) is 0 Å². The number of likely N-dealkylation sites (tertiary alicyclic amines) is 1. The minimum absolute atomic E-state index is 0.155. The van der Waals surface area contributed by atoms with Crippen molar-refractivity contribution in [2.45, 2.75) is 32.7 Å². The fourth-order valence-electron chi connectivity index (χ4n) is 2.72. The third-order valence-electron chi connectivity index (χ3n) is 3.82. The number of nitrogens with two attached hydrogens (primary N) is 1. The molecule has 3 heteroatoms. The van der Waals surface area contributed by atoms with Crippen molar-refractivity contribution in [1.82, 2.24) is 4.90 Å². The highest BCUT2D eigenvalue weighted by Gasteiger charge is 2.18. The number of benzene rings is 1. The van der Waals surface area contributed by atoms with Crippen molar-refractivity contribution < 1.29 is 0 Å². The van der Waals surface area contributed by atoms with E-state index in [4.69, 9.17) is 11.1 Å². The first kappa shape index (κ1) is 13.1. The van der Waals surface area contributed by atoms with Gasteiger partial charge in [0.25, 0.3) is 0 Å². The molecule has 1 aliphatic rings. The van der Waals surface area contributed by atoms with Gasteiger partial charge in [0.05, 0.1) is 0 Å². The van der Waals surface area contributed by atoms with Crippen LogP contribution in [0.4, 0.5) is 0 Å². The highest BCUT2D eigenvalue weighted by molar-refractivity contribution is 5.95. The molecule has 3 nitrogen and oxygen atoms in total. The van der Waals surface area contributed by atoms with Crippen LogP contribution in [0, 0.1) is 11.3 Å². The lowest BCUT2D eigenvalue weighted by atomic mass is 9.95. The number of nitrogen functional groups attached to an aromatic ring is 1. The fourth-order valence-corrected chi connectivity index (χ4v) is 2.72. The summed E-state index contributed by atoms with van der Waals surface area (Å²) in [6.07, 6.45) is 3.97. The van der Waals surface area contributed by atoms with Crippen LogP contribution in [-0.4, -0.2) is 23.8 Å². The number of hydrogen-bond acceptors (Lipinski definition) is 2. The van der Waals surface area contributed by atoms with Crippen molar-refractivity contribution >= 4 is 5.84 Å². The topological polar surface area (TPSA) is 53.1 Å². The fraction of sp³-hybridized carbons (Fsp3) is 0.533.